The second-order valence-corrected chi connectivity index (χ2v) is 4.80. The quantitative estimate of drug-likeness (QED) is 0.547. The Bertz CT molecular complexity index is 828. The van der Waals surface area contributed by atoms with Gasteiger partial charge in [0.1, 0.15) is 0 Å². The summed E-state index contributed by atoms with van der Waals surface area (Å²) in [6.45, 7) is -0.286. The molecule has 0 aliphatic carbocycles. The summed E-state index contributed by atoms with van der Waals surface area (Å²) in [4.78, 5) is 27.7. The van der Waals surface area contributed by atoms with Gasteiger partial charge in [-0.05, 0) is 29.0 Å². The van der Waals surface area contributed by atoms with Gasteiger partial charge in [0.05, 0.1) is 5.56 Å². The Morgan fingerprint density at radius 3 is 2.50 bits per heavy atom. The highest BCUT2D eigenvalue weighted by Gasteiger charge is 2.12. The zero-order chi connectivity index (χ0) is 15.4. The molecule has 0 bridgehead atoms. The summed E-state index contributed by atoms with van der Waals surface area (Å²) in [5.41, 5.74) is 0.853. The number of hydrogen-bond acceptors (Lipinski definition) is 4. The maximum Gasteiger partial charge on any atom is 0.340 e. The molecule has 3 rings (SSSR count). The van der Waals surface area contributed by atoms with Gasteiger partial charge in [-0.1, -0.05) is 36.4 Å². The number of carbonyl (C=O) groups excluding carboxylic acids is 2. The fraction of sp³-hybridized carbons (Fsp3) is 0.0556. The first-order chi connectivity index (χ1) is 10.7. The number of hydrogen-bond donors (Lipinski definition) is 0. The third-order valence-electron chi connectivity index (χ3n) is 3.30. The predicted molar refractivity (Wildman–Crippen MR) is 82.8 cm³/mol. The Morgan fingerprint density at radius 1 is 0.909 bits per heavy atom. The number of rotatable bonds is 4. The summed E-state index contributed by atoms with van der Waals surface area (Å²) in [7, 11) is 0. The highest BCUT2D eigenvalue weighted by molar-refractivity contribution is 6.02. The molecule has 4 nitrogen and oxygen atoms in total. The van der Waals surface area contributed by atoms with Gasteiger partial charge in [-0.15, -0.1) is 0 Å². The van der Waals surface area contributed by atoms with Gasteiger partial charge in [-0.2, -0.15) is 0 Å². The van der Waals surface area contributed by atoms with Crippen LogP contribution in [0.2, 0.25) is 0 Å². The second-order valence-electron chi connectivity index (χ2n) is 4.80. The van der Waals surface area contributed by atoms with E-state index in [4.69, 9.17) is 4.74 Å². The molecule has 108 valence electrons. The average Bonchev–Trinajstić information content (AvgIpc) is 2.59. The summed E-state index contributed by atoms with van der Waals surface area (Å²) in [6.07, 6.45) is 2.97. The van der Waals surface area contributed by atoms with Crippen molar-refractivity contribution in [2.24, 2.45) is 0 Å². The van der Waals surface area contributed by atoms with Crippen LogP contribution in [0.15, 0.2) is 67.0 Å². The fourth-order valence-corrected chi connectivity index (χ4v) is 2.14. The molecule has 0 atom stereocenters. The average molecular weight is 291 g/mol. The Kier molecular flexibility index (Phi) is 3.92. The van der Waals surface area contributed by atoms with Crippen LogP contribution in [-0.4, -0.2) is 23.3 Å². The lowest BCUT2D eigenvalue weighted by Gasteiger charge is -2.05. The molecule has 0 spiro atoms. The largest absolute Gasteiger partial charge is 0.454 e. The lowest BCUT2D eigenvalue weighted by Crippen LogP contribution is -2.14. The molecule has 0 N–H and O–H groups in total. The van der Waals surface area contributed by atoms with Crippen molar-refractivity contribution in [2.75, 3.05) is 6.61 Å². The number of ether oxygens (including phenoxy) is 1. The van der Waals surface area contributed by atoms with Crippen molar-refractivity contribution in [1.82, 2.24) is 4.98 Å². The summed E-state index contributed by atoms with van der Waals surface area (Å²) in [5, 5.41) is 2.04. The SMILES string of the molecule is O=C(COC(=O)c1cccnc1)c1ccc2ccccc2c1. The minimum absolute atomic E-state index is 0.233. The van der Waals surface area contributed by atoms with Crippen LogP contribution in [0.1, 0.15) is 20.7 Å². The van der Waals surface area contributed by atoms with E-state index in [1.807, 2.05) is 30.3 Å². The van der Waals surface area contributed by atoms with E-state index in [0.29, 0.717) is 11.1 Å². The molecule has 0 unspecified atom stereocenters. The Hall–Kier alpha value is -3.01. The molecule has 1 aromatic heterocycles. The standard InChI is InChI=1S/C18H13NO3/c20-17(12-22-18(21)16-6-3-9-19-11-16)15-8-7-13-4-1-2-5-14(13)10-15/h1-11H,12H2. The summed E-state index contributed by atoms with van der Waals surface area (Å²) in [5.74, 6) is -0.787. The van der Waals surface area contributed by atoms with Gasteiger partial charge in [-0.25, -0.2) is 4.79 Å². The summed E-state index contributed by atoms with van der Waals surface area (Å²) >= 11 is 0. The van der Waals surface area contributed by atoms with E-state index < -0.39 is 5.97 Å². The summed E-state index contributed by atoms with van der Waals surface area (Å²) < 4.78 is 5.03. The lowest BCUT2D eigenvalue weighted by molar-refractivity contribution is 0.0474. The molecule has 0 aliphatic rings. The second kappa shape index (κ2) is 6.18. The first-order valence-corrected chi connectivity index (χ1v) is 6.83. The van der Waals surface area contributed by atoms with Gasteiger partial charge in [0.15, 0.2) is 12.4 Å². The Labute approximate surface area is 127 Å². The van der Waals surface area contributed by atoms with Crippen molar-refractivity contribution in [3.8, 4) is 0 Å². The van der Waals surface area contributed by atoms with Crippen LogP contribution in [0.5, 0.6) is 0 Å². The van der Waals surface area contributed by atoms with E-state index in [9.17, 15) is 9.59 Å². The fourth-order valence-electron chi connectivity index (χ4n) is 2.14. The third-order valence-corrected chi connectivity index (χ3v) is 3.30. The molecular formula is C18H13NO3. The molecular weight excluding hydrogens is 278 g/mol. The van der Waals surface area contributed by atoms with E-state index in [1.54, 1.807) is 30.5 Å². The molecule has 0 saturated heterocycles. The molecule has 0 amide bonds. The number of esters is 1. The highest BCUT2D eigenvalue weighted by Crippen LogP contribution is 2.16. The first-order valence-electron chi connectivity index (χ1n) is 6.83. The molecule has 0 aliphatic heterocycles. The van der Waals surface area contributed by atoms with Crippen molar-refractivity contribution < 1.29 is 14.3 Å². The van der Waals surface area contributed by atoms with Crippen LogP contribution in [-0.2, 0) is 4.74 Å². The minimum atomic E-state index is -0.553. The van der Waals surface area contributed by atoms with Crippen LogP contribution in [0.3, 0.4) is 0 Å². The minimum Gasteiger partial charge on any atom is -0.454 e. The monoisotopic (exact) mass is 291 g/mol. The molecule has 22 heavy (non-hydrogen) atoms. The number of pyridine rings is 1. The number of nitrogens with zero attached hydrogens (tertiary/aromatic N) is 1. The topological polar surface area (TPSA) is 56.3 Å². The zero-order valence-electron chi connectivity index (χ0n) is 11.7. The van der Waals surface area contributed by atoms with Crippen LogP contribution < -0.4 is 0 Å². The molecule has 0 radical (unpaired) electrons. The number of aromatic nitrogens is 1. The smallest absolute Gasteiger partial charge is 0.340 e. The van der Waals surface area contributed by atoms with E-state index >= 15 is 0 Å². The van der Waals surface area contributed by atoms with Gasteiger partial charge < -0.3 is 4.74 Å². The molecule has 0 saturated carbocycles. The number of carbonyl (C=O) groups is 2. The van der Waals surface area contributed by atoms with Crippen LogP contribution in [0.25, 0.3) is 10.8 Å². The van der Waals surface area contributed by atoms with E-state index in [0.717, 1.165) is 10.8 Å². The zero-order valence-corrected chi connectivity index (χ0v) is 11.7. The predicted octanol–water partition coefficient (Wildman–Crippen LogP) is 3.27. The molecule has 1 heterocycles. The first kappa shape index (κ1) is 13.9. The van der Waals surface area contributed by atoms with E-state index in [-0.39, 0.29) is 12.4 Å². The third kappa shape index (κ3) is 3.01. The molecule has 0 fully saturated rings. The number of fused-ring (bicyclic) bond motifs is 1. The maximum absolute atomic E-state index is 12.1. The number of ketones is 1. The van der Waals surface area contributed by atoms with Gasteiger partial charge in [0.2, 0.25) is 0 Å². The van der Waals surface area contributed by atoms with Crippen LogP contribution in [0, 0.1) is 0 Å². The van der Waals surface area contributed by atoms with Gasteiger partial charge in [-0.3, -0.25) is 9.78 Å². The number of benzene rings is 2. The van der Waals surface area contributed by atoms with Crippen LogP contribution in [0.4, 0.5) is 0 Å². The van der Waals surface area contributed by atoms with Crippen molar-refractivity contribution >= 4 is 22.5 Å². The molecule has 2 aromatic carbocycles. The molecule has 4 heteroatoms. The summed E-state index contributed by atoms with van der Waals surface area (Å²) in [6, 6.07) is 16.4. The van der Waals surface area contributed by atoms with Crippen LogP contribution >= 0.6 is 0 Å². The van der Waals surface area contributed by atoms with Crippen molar-refractivity contribution in [2.45, 2.75) is 0 Å². The normalized spacial score (nSPS) is 10.4. The maximum atomic E-state index is 12.1. The van der Waals surface area contributed by atoms with Crippen molar-refractivity contribution in [3.05, 3.63) is 78.1 Å². The highest BCUT2D eigenvalue weighted by atomic mass is 16.5. The van der Waals surface area contributed by atoms with E-state index in [2.05, 4.69) is 4.98 Å². The van der Waals surface area contributed by atoms with Crippen molar-refractivity contribution in [1.29, 1.82) is 0 Å². The lowest BCUT2D eigenvalue weighted by atomic mass is 10.0. The Morgan fingerprint density at radius 2 is 1.73 bits per heavy atom. The van der Waals surface area contributed by atoms with E-state index in [1.165, 1.54) is 6.20 Å². The molecule has 3 aromatic rings. The number of Topliss-reactive ketones (excluding diaryl/α,β-unsaturated/α-hetero) is 1. The van der Waals surface area contributed by atoms with Gasteiger partial charge in [0, 0.05) is 18.0 Å². The Balaban J connectivity index is 1.69. The van der Waals surface area contributed by atoms with Crippen molar-refractivity contribution in [3.63, 3.8) is 0 Å². The van der Waals surface area contributed by atoms with Gasteiger partial charge in [0.25, 0.3) is 0 Å². The van der Waals surface area contributed by atoms with Gasteiger partial charge >= 0.3 is 5.97 Å².